The minimum Gasteiger partial charge on any atom is -0.256 e. The van der Waals surface area contributed by atoms with Crippen molar-refractivity contribution in [3.05, 3.63) is 36.0 Å². The van der Waals surface area contributed by atoms with Gasteiger partial charge in [0.15, 0.2) is 0 Å². The maximum absolute atomic E-state index is 12.3. The van der Waals surface area contributed by atoms with E-state index in [2.05, 4.69) is 32.3 Å². The van der Waals surface area contributed by atoms with Gasteiger partial charge in [-0.2, -0.15) is 0 Å². The topological polar surface area (TPSA) is 59.1 Å². The Balaban J connectivity index is 2.48. The van der Waals surface area contributed by atoms with E-state index in [4.69, 9.17) is 0 Å². The third kappa shape index (κ3) is 3.24. The minimum absolute atomic E-state index is 0.301. The summed E-state index contributed by atoms with van der Waals surface area (Å²) >= 11 is 2.23. The van der Waals surface area contributed by atoms with Gasteiger partial charge >= 0.3 is 0 Å². The molecule has 0 spiro atoms. The van der Waals surface area contributed by atoms with Crippen molar-refractivity contribution in [1.82, 2.24) is 9.71 Å². The summed E-state index contributed by atoms with van der Waals surface area (Å²) in [5, 5.41) is 0.671. The van der Waals surface area contributed by atoms with E-state index in [1.807, 2.05) is 6.92 Å². The predicted molar refractivity (Wildman–Crippen MR) is 85.2 cm³/mol. The van der Waals surface area contributed by atoms with E-state index in [9.17, 15) is 8.42 Å². The standard InChI is InChI=1S/C13H15IN2O2S/c1-10-5-6-12(11-4-2-8-15-13(10)11)19(17,18)16-9-3-7-14/h2,4-6,8,16H,3,7,9H2,1H3. The highest BCUT2D eigenvalue weighted by Crippen LogP contribution is 2.23. The Bertz CT molecular complexity index is 686. The third-order valence-corrected chi connectivity index (χ3v) is 5.11. The fourth-order valence-electron chi connectivity index (χ4n) is 1.87. The van der Waals surface area contributed by atoms with Crippen molar-refractivity contribution in [2.45, 2.75) is 18.2 Å². The maximum Gasteiger partial charge on any atom is 0.241 e. The van der Waals surface area contributed by atoms with Crippen LogP contribution in [0.5, 0.6) is 0 Å². The Morgan fingerprint density at radius 3 is 2.84 bits per heavy atom. The molecule has 0 bridgehead atoms. The van der Waals surface area contributed by atoms with Crippen molar-refractivity contribution in [1.29, 1.82) is 0 Å². The molecular weight excluding hydrogens is 375 g/mol. The van der Waals surface area contributed by atoms with Gasteiger partial charge < -0.3 is 0 Å². The van der Waals surface area contributed by atoms with E-state index in [0.29, 0.717) is 16.8 Å². The lowest BCUT2D eigenvalue weighted by atomic mass is 10.1. The SMILES string of the molecule is Cc1ccc(S(=O)(=O)NCCCI)c2cccnc12. The first-order valence-electron chi connectivity index (χ1n) is 5.96. The molecule has 6 heteroatoms. The Morgan fingerprint density at radius 2 is 2.11 bits per heavy atom. The van der Waals surface area contributed by atoms with Gasteiger partial charge in [0.05, 0.1) is 10.4 Å². The highest BCUT2D eigenvalue weighted by atomic mass is 127. The molecule has 0 saturated carbocycles. The number of aromatic nitrogens is 1. The number of benzene rings is 1. The summed E-state index contributed by atoms with van der Waals surface area (Å²) in [6, 6.07) is 6.99. The van der Waals surface area contributed by atoms with Gasteiger partial charge in [-0.1, -0.05) is 28.7 Å². The van der Waals surface area contributed by atoms with Crippen LogP contribution in [-0.4, -0.2) is 24.4 Å². The van der Waals surface area contributed by atoms with E-state index in [1.54, 1.807) is 30.5 Å². The van der Waals surface area contributed by atoms with Crippen molar-refractivity contribution < 1.29 is 8.42 Å². The number of pyridine rings is 1. The normalized spacial score (nSPS) is 11.9. The van der Waals surface area contributed by atoms with Gasteiger partial charge in [-0.15, -0.1) is 0 Å². The second-order valence-electron chi connectivity index (χ2n) is 4.22. The number of rotatable bonds is 5. The number of sulfonamides is 1. The Labute approximate surface area is 126 Å². The van der Waals surface area contributed by atoms with Crippen LogP contribution in [0.25, 0.3) is 10.9 Å². The smallest absolute Gasteiger partial charge is 0.241 e. The largest absolute Gasteiger partial charge is 0.256 e. The van der Waals surface area contributed by atoms with Gasteiger partial charge in [0.25, 0.3) is 0 Å². The summed E-state index contributed by atoms with van der Waals surface area (Å²) in [6.45, 7) is 2.39. The maximum atomic E-state index is 12.3. The van der Waals surface area contributed by atoms with Crippen LogP contribution in [0, 0.1) is 6.92 Å². The van der Waals surface area contributed by atoms with Crippen molar-refractivity contribution in [2.75, 3.05) is 11.0 Å². The lowest BCUT2D eigenvalue weighted by Gasteiger charge is -2.10. The molecule has 1 N–H and O–H groups in total. The highest BCUT2D eigenvalue weighted by molar-refractivity contribution is 14.1. The monoisotopic (exact) mass is 390 g/mol. The molecule has 2 aromatic rings. The molecule has 0 aliphatic heterocycles. The van der Waals surface area contributed by atoms with E-state index in [0.717, 1.165) is 21.9 Å². The summed E-state index contributed by atoms with van der Waals surface area (Å²) in [5.41, 5.74) is 1.71. The number of nitrogens with one attached hydrogen (secondary N) is 1. The van der Waals surface area contributed by atoms with Crippen LogP contribution in [0.3, 0.4) is 0 Å². The molecule has 0 aliphatic carbocycles. The summed E-state index contributed by atoms with van der Waals surface area (Å²) in [4.78, 5) is 4.56. The molecular formula is C13H15IN2O2S. The van der Waals surface area contributed by atoms with Gasteiger partial charge in [0.1, 0.15) is 0 Å². The molecule has 19 heavy (non-hydrogen) atoms. The molecule has 4 nitrogen and oxygen atoms in total. The van der Waals surface area contributed by atoms with E-state index in [1.165, 1.54) is 0 Å². The Morgan fingerprint density at radius 1 is 1.32 bits per heavy atom. The summed E-state index contributed by atoms with van der Waals surface area (Å²) in [6.07, 6.45) is 2.50. The quantitative estimate of drug-likeness (QED) is 0.485. The Kier molecular flexibility index (Phi) is 4.75. The zero-order chi connectivity index (χ0) is 13.9. The average molecular weight is 390 g/mol. The molecule has 1 aromatic heterocycles. The van der Waals surface area contributed by atoms with Gasteiger partial charge in [-0.05, 0) is 37.1 Å². The van der Waals surface area contributed by atoms with Crippen molar-refractivity contribution >= 4 is 43.5 Å². The number of nitrogens with zero attached hydrogens (tertiary/aromatic N) is 1. The first-order chi connectivity index (χ1) is 9.06. The molecule has 0 unspecified atom stereocenters. The number of halogens is 1. The highest BCUT2D eigenvalue weighted by Gasteiger charge is 2.17. The molecule has 0 atom stereocenters. The summed E-state index contributed by atoms with van der Waals surface area (Å²) < 4.78 is 28.1. The van der Waals surface area contributed by atoms with Crippen LogP contribution in [0.2, 0.25) is 0 Å². The first-order valence-corrected chi connectivity index (χ1v) is 8.97. The number of hydrogen-bond acceptors (Lipinski definition) is 3. The molecule has 2 rings (SSSR count). The van der Waals surface area contributed by atoms with Crippen LogP contribution in [0.15, 0.2) is 35.4 Å². The Hall–Kier alpha value is -0.730. The zero-order valence-electron chi connectivity index (χ0n) is 10.6. The van der Waals surface area contributed by atoms with Gasteiger partial charge in [0.2, 0.25) is 10.0 Å². The molecule has 0 aliphatic rings. The molecule has 1 heterocycles. The van der Waals surface area contributed by atoms with Gasteiger partial charge in [-0.3, -0.25) is 4.98 Å². The molecule has 0 radical (unpaired) electrons. The summed E-state index contributed by atoms with van der Waals surface area (Å²) in [5.74, 6) is 0. The summed E-state index contributed by atoms with van der Waals surface area (Å²) in [7, 11) is -3.47. The zero-order valence-corrected chi connectivity index (χ0v) is 13.5. The number of hydrogen-bond donors (Lipinski definition) is 1. The van der Waals surface area contributed by atoms with Crippen LogP contribution in [0.1, 0.15) is 12.0 Å². The molecule has 0 amide bonds. The van der Waals surface area contributed by atoms with E-state index in [-0.39, 0.29) is 0 Å². The fourth-order valence-corrected chi connectivity index (χ4v) is 3.52. The van der Waals surface area contributed by atoms with E-state index < -0.39 is 10.0 Å². The van der Waals surface area contributed by atoms with Crippen LogP contribution in [0.4, 0.5) is 0 Å². The van der Waals surface area contributed by atoms with Crippen LogP contribution >= 0.6 is 22.6 Å². The molecule has 0 fully saturated rings. The first kappa shape index (κ1) is 14.7. The lowest BCUT2D eigenvalue weighted by Crippen LogP contribution is -2.25. The predicted octanol–water partition coefficient (Wildman–Crippen LogP) is 2.65. The molecule has 0 saturated heterocycles. The van der Waals surface area contributed by atoms with Gasteiger partial charge in [-0.25, -0.2) is 13.1 Å². The molecule has 1 aromatic carbocycles. The van der Waals surface area contributed by atoms with Crippen molar-refractivity contribution in [3.8, 4) is 0 Å². The van der Waals surface area contributed by atoms with Crippen molar-refractivity contribution in [3.63, 3.8) is 0 Å². The lowest BCUT2D eigenvalue weighted by molar-refractivity contribution is 0.582. The minimum atomic E-state index is -3.47. The third-order valence-electron chi connectivity index (χ3n) is 2.82. The fraction of sp³-hybridized carbons (Fsp3) is 0.308. The van der Waals surface area contributed by atoms with Crippen LogP contribution in [-0.2, 0) is 10.0 Å². The molecule has 102 valence electrons. The second kappa shape index (κ2) is 6.15. The second-order valence-corrected chi connectivity index (χ2v) is 7.03. The van der Waals surface area contributed by atoms with Gasteiger partial charge in [0, 0.05) is 22.6 Å². The average Bonchev–Trinajstić information content (AvgIpc) is 2.39. The van der Waals surface area contributed by atoms with Crippen molar-refractivity contribution in [2.24, 2.45) is 0 Å². The number of alkyl halides is 1. The van der Waals surface area contributed by atoms with Crippen LogP contribution < -0.4 is 4.72 Å². The van der Waals surface area contributed by atoms with E-state index >= 15 is 0 Å². The number of aryl methyl sites for hydroxylation is 1. The number of fused-ring (bicyclic) bond motifs is 1.